The number of hydrogen-bond donors (Lipinski definition) is 1. The van der Waals surface area contributed by atoms with Gasteiger partial charge in [0.15, 0.2) is 0 Å². The van der Waals surface area contributed by atoms with Crippen LogP contribution in [0.15, 0.2) is 0 Å². The molecule has 0 aromatic carbocycles. The summed E-state index contributed by atoms with van der Waals surface area (Å²) in [5.74, 6) is -0.0674. The molecule has 0 spiro atoms. The quantitative estimate of drug-likeness (QED) is 0.686. The van der Waals surface area contributed by atoms with Crippen molar-refractivity contribution < 1.29 is 9.59 Å². The highest BCUT2D eigenvalue weighted by Gasteiger charge is 2.24. The molecular weight excluding hydrogens is 218 g/mol. The predicted molar refractivity (Wildman–Crippen MR) is 66.6 cm³/mol. The van der Waals surface area contributed by atoms with E-state index in [0.717, 1.165) is 25.8 Å². The first-order chi connectivity index (χ1) is 7.99. The van der Waals surface area contributed by atoms with Gasteiger partial charge in [-0.25, -0.2) is 0 Å². The Labute approximate surface area is 103 Å². The lowest BCUT2D eigenvalue weighted by molar-refractivity contribution is -0.134. The second kappa shape index (κ2) is 6.59. The van der Waals surface area contributed by atoms with E-state index in [9.17, 15) is 9.59 Å². The molecule has 98 valence electrons. The summed E-state index contributed by atoms with van der Waals surface area (Å²) in [5, 5.41) is 2.90. The lowest BCUT2D eigenvalue weighted by Gasteiger charge is -2.21. The van der Waals surface area contributed by atoms with E-state index in [1.807, 2.05) is 14.1 Å². The van der Waals surface area contributed by atoms with Gasteiger partial charge in [-0.05, 0) is 39.9 Å². The fraction of sp³-hybridized carbons (Fsp3) is 0.833. The molecular formula is C12H23N3O2. The molecule has 1 fully saturated rings. The predicted octanol–water partition coefficient (Wildman–Crippen LogP) is 0.0652. The number of carbonyl (C=O) groups is 2. The molecule has 0 unspecified atom stereocenters. The van der Waals surface area contributed by atoms with Crippen LogP contribution in [0.25, 0.3) is 0 Å². The van der Waals surface area contributed by atoms with Crippen molar-refractivity contribution in [2.75, 3.05) is 33.7 Å². The number of hydrogen-bond acceptors (Lipinski definition) is 3. The van der Waals surface area contributed by atoms with E-state index < -0.39 is 0 Å². The van der Waals surface area contributed by atoms with Crippen LogP contribution in [0.2, 0.25) is 0 Å². The number of rotatable bonds is 7. The van der Waals surface area contributed by atoms with Crippen LogP contribution in [0.3, 0.4) is 0 Å². The zero-order valence-electron chi connectivity index (χ0n) is 11.0. The first-order valence-corrected chi connectivity index (χ1v) is 6.18. The highest BCUT2D eigenvalue weighted by molar-refractivity contribution is 5.84. The topological polar surface area (TPSA) is 52.7 Å². The fourth-order valence-electron chi connectivity index (χ4n) is 1.60. The minimum atomic E-state index is -0.0347. The van der Waals surface area contributed by atoms with Gasteiger partial charge in [0.05, 0.1) is 6.54 Å². The molecule has 0 saturated heterocycles. The Kier molecular flexibility index (Phi) is 5.41. The van der Waals surface area contributed by atoms with Crippen LogP contribution in [0.4, 0.5) is 0 Å². The minimum Gasteiger partial charge on any atom is -0.352 e. The van der Waals surface area contributed by atoms with Crippen molar-refractivity contribution in [2.24, 2.45) is 0 Å². The molecule has 1 saturated carbocycles. The van der Waals surface area contributed by atoms with Gasteiger partial charge in [-0.3, -0.25) is 9.59 Å². The van der Waals surface area contributed by atoms with Crippen LogP contribution in [0.5, 0.6) is 0 Å². The molecule has 0 radical (unpaired) electrons. The zero-order chi connectivity index (χ0) is 12.8. The smallest absolute Gasteiger partial charge is 0.239 e. The van der Waals surface area contributed by atoms with Crippen LogP contribution in [0.1, 0.15) is 26.2 Å². The van der Waals surface area contributed by atoms with Crippen molar-refractivity contribution in [3.63, 3.8) is 0 Å². The summed E-state index contributed by atoms with van der Waals surface area (Å²) >= 11 is 0. The van der Waals surface area contributed by atoms with Gasteiger partial charge in [-0.2, -0.15) is 0 Å². The van der Waals surface area contributed by atoms with Crippen molar-refractivity contribution in [1.82, 2.24) is 15.1 Å². The molecule has 0 aromatic rings. The normalized spacial score (nSPS) is 14.8. The first kappa shape index (κ1) is 14.0. The standard InChI is InChI=1S/C12H23N3O2/c1-10(16)15(8-4-7-14(2)3)9-12(17)13-11-5-6-11/h11H,4-9H2,1-3H3,(H,13,17). The summed E-state index contributed by atoms with van der Waals surface area (Å²) < 4.78 is 0. The van der Waals surface area contributed by atoms with E-state index in [2.05, 4.69) is 10.2 Å². The maximum absolute atomic E-state index is 11.6. The van der Waals surface area contributed by atoms with Crippen molar-refractivity contribution in [1.29, 1.82) is 0 Å². The highest BCUT2D eigenvalue weighted by Crippen LogP contribution is 2.18. The SMILES string of the molecule is CC(=O)N(CCCN(C)C)CC(=O)NC1CC1. The van der Waals surface area contributed by atoms with Gasteiger partial charge >= 0.3 is 0 Å². The van der Waals surface area contributed by atoms with Gasteiger partial charge in [-0.15, -0.1) is 0 Å². The van der Waals surface area contributed by atoms with Gasteiger partial charge in [0.2, 0.25) is 11.8 Å². The number of carbonyl (C=O) groups excluding carboxylic acids is 2. The summed E-state index contributed by atoms with van der Waals surface area (Å²) in [6.45, 7) is 3.28. The number of nitrogens with one attached hydrogen (secondary N) is 1. The van der Waals surface area contributed by atoms with Crippen molar-refractivity contribution >= 4 is 11.8 Å². The molecule has 5 nitrogen and oxygen atoms in total. The minimum absolute atomic E-state index is 0.0327. The van der Waals surface area contributed by atoms with E-state index in [1.165, 1.54) is 6.92 Å². The number of nitrogens with zero attached hydrogens (tertiary/aromatic N) is 2. The third-order valence-electron chi connectivity index (χ3n) is 2.76. The lowest BCUT2D eigenvalue weighted by Crippen LogP contribution is -2.41. The summed E-state index contributed by atoms with van der Waals surface area (Å²) in [6.07, 6.45) is 3.04. The highest BCUT2D eigenvalue weighted by atomic mass is 16.2. The molecule has 1 N–H and O–H groups in total. The van der Waals surface area contributed by atoms with E-state index in [4.69, 9.17) is 0 Å². The molecule has 1 rings (SSSR count). The van der Waals surface area contributed by atoms with E-state index in [0.29, 0.717) is 12.6 Å². The van der Waals surface area contributed by atoms with Crippen LogP contribution in [-0.2, 0) is 9.59 Å². The maximum atomic E-state index is 11.6. The summed E-state index contributed by atoms with van der Waals surface area (Å²) in [6, 6.07) is 0.359. The van der Waals surface area contributed by atoms with Gasteiger partial charge in [-0.1, -0.05) is 0 Å². The Balaban J connectivity index is 2.26. The Morgan fingerprint density at radius 3 is 2.35 bits per heavy atom. The Morgan fingerprint density at radius 1 is 1.24 bits per heavy atom. The second-order valence-corrected chi connectivity index (χ2v) is 4.94. The van der Waals surface area contributed by atoms with E-state index >= 15 is 0 Å². The monoisotopic (exact) mass is 241 g/mol. The molecule has 0 heterocycles. The van der Waals surface area contributed by atoms with E-state index in [1.54, 1.807) is 4.90 Å². The Hall–Kier alpha value is -1.10. The average molecular weight is 241 g/mol. The molecule has 0 bridgehead atoms. The molecule has 0 aromatic heterocycles. The Bertz CT molecular complexity index is 275. The molecule has 1 aliphatic carbocycles. The summed E-state index contributed by atoms with van der Waals surface area (Å²) in [7, 11) is 4.00. The Morgan fingerprint density at radius 2 is 1.88 bits per heavy atom. The molecule has 0 atom stereocenters. The van der Waals surface area contributed by atoms with Crippen molar-refractivity contribution in [3.8, 4) is 0 Å². The van der Waals surface area contributed by atoms with Crippen molar-refractivity contribution in [3.05, 3.63) is 0 Å². The van der Waals surface area contributed by atoms with Crippen molar-refractivity contribution in [2.45, 2.75) is 32.2 Å². The second-order valence-electron chi connectivity index (χ2n) is 4.94. The van der Waals surface area contributed by atoms with Gasteiger partial charge in [0, 0.05) is 19.5 Å². The van der Waals surface area contributed by atoms with Crippen LogP contribution in [0, 0.1) is 0 Å². The van der Waals surface area contributed by atoms with Gasteiger partial charge < -0.3 is 15.1 Å². The molecule has 1 aliphatic rings. The third-order valence-corrected chi connectivity index (χ3v) is 2.76. The van der Waals surface area contributed by atoms with Gasteiger partial charge in [0.25, 0.3) is 0 Å². The molecule has 17 heavy (non-hydrogen) atoms. The lowest BCUT2D eigenvalue weighted by atomic mass is 10.3. The number of amides is 2. The molecule has 5 heteroatoms. The van der Waals surface area contributed by atoms with Crippen LogP contribution < -0.4 is 5.32 Å². The zero-order valence-corrected chi connectivity index (χ0v) is 11.0. The third kappa shape index (κ3) is 6.26. The largest absolute Gasteiger partial charge is 0.352 e. The van der Waals surface area contributed by atoms with Crippen LogP contribution in [-0.4, -0.2) is 61.4 Å². The fourth-order valence-corrected chi connectivity index (χ4v) is 1.60. The van der Waals surface area contributed by atoms with Crippen LogP contribution >= 0.6 is 0 Å². The summed E-state index contributed by atoms with van der Waals surface area (Å²) in [5.41, 5.74) is 0. The molecule has 2 amide bonds. The average Bonchev–Trinajstić information content (AvgIpc) is 2.99. The summed E-state index contributed by atoms with van der Waals surface area (Å²) in [4.78, 5) is 26.7. The van der Waals surface area contributed by atoms with E-state index in [-0.39, 0.29) is 18.4 Å². The first-order valence-electron chi connectivity index (χ1n) is 6.18. The van der Waals surface area contributed by atoms with Gasteiger partial charge in [0.1, 0.15) is 0 Å². The maximum Gasteiger partial charge on any atom is 0.239 e. The molecule has 0 aliphatic heterocycles.